The topological polar surface area (TPSA) is 127 Å². The Morgan fingerprint density at radius 3 is 2.38 bits per heavy atom. The van der Waals surface area contributed by atoms with Crippen LogP contribution in [0.25, 0.3) is 0 Å². The SMILES string of the molecule is CC(=O)N(C(=O)C1CC(O)CN1)C(Cc1ccc(O)cc1)C(=O)O. The number of imide groups is 1. The van der Waals surface area contributed by atoms with Crippen molar-refractivity contribution in [3.63, 3.8) is 0 Å². The normalized spacial score (nSPS) is 21.2. The lowest BCUT2D eigenvalue weighted by Crippen LogP contribution is -2.54. The van der Waals surface area contributed by atoms with E-state index in [2.05, 4.69) is 5.32 Å². The van der Waals surface area contributed by atoms with Crippen LogP contribution in [0.2, 0.25) is 0 Å². The van der Waals surface area contributed by atoms with Crippen LogP contribution in [0.15, 0.2) is 24.3 Å². The number of carbonyl (C=O) groups is 3. The second kappa shape index (κ2) is 7.41. The molecule has 1 aromatic rings. The molecule has 0 radical (unpaired) electrons. The van der Waals surface area contributed by atoms with Gasteiger partial charge in [-0.2, -0.15) is 0 Å². The Morgan fingerprint density at radius 1 is 1.29 bits per heavy atom. The van der Waals surface area contributed by atoms with Gasteiger partial charge in [0.05, 0.1) is 12.1 Å². The van der Waals surface area contributed by atoms with Gasteiger partial charge >= 0.3 is 5.97 Å². The van der Waals surface area contributed by atoms with Gasteiger partial charge in [-0.15, -0.1) is 0 Å². The number of rotatable bonds is 5. The van der Waals surface area contributed by atoms with Crippen LogP contribution in [0.5, 0.6) is 5.75 Å². The van der Waals surface area contributed by atoms with E-state index in [1.807, 2.05) is 0 Å². The van der Waals surface area contributed by atoms with E-state index >= 15 is 0 Å². The molecule has 0 bridgehead atoms. The first-order valence-corrected chi connectivity index (χ1v) is 7.55. The molecule has 1 heterocycles. The maximum absolute atomic E-state index is 12.6. The van der Waals surface area contributed by atoms with E-state index in [-0.39, 0.29) is 25.1 Å². The standard InChI is InChI=1S/C16H20N2O6/c1-9(19)18(15(22)13-7-12(21)8-17-13)14(16(23)24)6-10-2-4-11(20)5-3-10/h2-5,12-14,17,20-21H,6-8H2,1H3,(H,23,24). The van der Waals surface area contributed by atoms with Crippen molar-refractivity contribution < 1.29 is 29.7 Å². The summed E-state index contributed by atoms with van der Waals surface area (Å²) < 4.78 is 0. The monoisotopic (exact) mass is 336 g/mol. The first-order valence-electron chi connectivity index (χ1n) is 7.55. The predicted octanol–water partition coefficient (Wildman–Crippen LogP) is -0.514. The molecule has 0 saturated carbocycles. The van der Waals surface area contributed by atoms with Gasteiger partial charge in [0.25, 0.3) is 0 Å². The Labute approximate surface area is 138 Å². The molecule has 0 aromatic heterocycles. The molecule has 8 heteroatoms. The second-order valence-electron chi connectivity index (χ2n) is 5.80. The number of nitrogens with one attached hydrogen (secondary N) is 1. The number of carboxylic acids is 1. The average molecular weight is 336 g/mol. The molecule has 1 aromatic carbocycles. The van der Waals surface area contributed by atoms with Crippen LogP contribution in [0.3, 0.4) is 0 Å². The molecule has 1 saturated heterocycles. The van der Waals surface area contributed by atoms with Gasteiger partial charge < -0.3 is 20.6 Å². The average Bonchev–Trinajstić information content (AvgIpc) is 2.94. The van der Waals surface area contributed by atoms with Gasteiger partial charge in [0.1, 0.15) is 11.8 Å². The minimum Gasteiger partial charge on any atom is -0.508 e. The highest BCUT2D eigenvalue weighted by Crippen LogP contribution is 2.17. The number of β-amino-alcohol motifs (C(OH)–C–C–N with tert-alkyl or cyclic N) is 1. The first kappa shape index (κ1) is 17.9. The molecule has 24 heavy (non-hydrogen) atoms. The molecule has 1 aliphatic rings. The van der Waals surface area contributed by atoms with E-state index in [1.54, 1.807) is 0 Å². The number of aliphatic hydroxyl groups is 1. The van der Waals surface area contributed by atoms with Crippen molar-refractivity contribution in [2.75, 3.05) is 6.54 Å². The number of nitrogens with zero attached hydrogens (tertiary/aromatic N) is 1. The van der Waals surface area contributed by atoms with Gasteiger partial charge in [-0.1, -0.05) is 12.1 Å². The predicted molar refractivity (Wildman–Crippen MR) is 83.2 cm³/mol. The highest BCUT2D eigenvalue weighted by atomic mass is 16.4. The van der Waals surface area contributed by atoms with Gasteiger partial charge in [0, 0.05) is 19.9 Å². The lowest BCUT2D eigenvalue weighted by molar-refractivity contribution is -0.158. The zero-order valence-electron chi connectivity index (χ0n) is 13.2. The van der Waals surface area contributed by atoms with E-state index < -0.39 is 36.0 Å². The number of aliphatic hydroxyl groups excluding tert-OH is 1. The maximum Gasteiger partial charge on any atom is 0.327 e. The van der Waals surface area contributed by atoms with Crippen LogP contribution < -0.4 is 5.32 Å². The quantitative estimate of drug-likeness (QED) is 0.570. The van der Waals surface area contributed by atoms with Crippen molar-refractivity contribution >= 4 is 17.8 Å². The van der Waals surface area contributed by atoms with Crippen molar-refractivity contribution in [1.29, 1.82) is 0 Å². The number of carboxylic acid groups (broad SMARTS) is 1. The number of hydrogen-bond donors (Lipinski definition) is 4. The molecule has 1 aliphatic heterocycles. The van der Waals surface area contributed by atoms with Gasteiger partial charge in [0.2, 0.25) is 11.8 Å². The Hall–Kier alpha value is -2.45. The van der Waals surface area contributed by atoms with Gasteiger partial charge in [-0.05, 0) is 24.1 Å². The highest BCUT2D eigenvalue weighted by Gasteiger charge is 2.39. The molecule has 8 nitrogen and oxygen atoms in total. The number of amides is 2. The van der Waals surface area contributed by atoms with Crippen LogP contribution in [-0.4, -0.2) is 62.7 Å². The van der Waals surface area contributed by atoms with Crippen LogP contribution in [0.4, 0.5) is 0 Å². The molecular formula is C16H20N2O6. The van der Waals surface area contributed by atoms with E-state index in [0.29, 0.717) is 5.56 Å². The fraction of sp³-hybridized carbons (Fsp3) is 0.438. The molecule has 2 amide bonds. The molecule has 130 valence electrons. The Balaban J connectivity index is 2.23. The summed E-state index contributed by atoms with van der Waals surface area (Å²) in [5, 5.41) is 31.1. The smallest absolute Gasteiger partial charge is 0.327 e. The minimum absolute atomic E-state index is 0.0364. The Bertz CT molecular complexity index is 630. The summed E-state index contributed by atoms with van der Waals surface area (Å²) in [5.41, 5.74) is 0.568. The summed E-state index contributed by atoms with van der Waals surface area (Å²) in [6, 6.07) is 3.73. The van der Waals surface area contributed by atoms with E-state index in [0.717, 1.165) is 11.8 Å². The number of hydrogen-bond acceptors (Lipinski definition) is 6. The van der Waals surface area contributed by atoms with Crippen LogP contribution in [-0.2, 0) is 20.8 Å². The summed E-state index contributed by atoms with van der Waals surface area (Å²) in [6.45, 7) is 1.36. The Morgan fingerprint density at radius 2 is 1.92 bits per heavy atom. The fourth-order valence-electron chi connectivity index (χ4n) is 2.75. The fourth-order valence-corrected chi connectivity index (χ4v) is 2.75. The number of benzene rings is 1. The van der Waals surface area contributed by atoms with Crippen molar-refractivity contribution in [2.24, 2.45) is 0 Å². The third-order valence-corrected chi connectivity index (χ3v) is 3.94. The molecule has 0 aliphatic carbocycles. The molecule has 1 fully saturated rings. The number of phenolic OH excluding ortho intramolecular Hbond substituents is 1. The summed E-state index contributed by atoms with van der Waals surface area (Å²) in [4.78, 5) is 36.8. The third-order valence-electron chi connectivity index (χ3n) is 3.94. The molecule has 0 spiro atoms. The summed E-state index contributed by atoms with van der Waals surface area (Å²) >= 11 is 0. The molecule has 2 rings (SSSR count). The van der Waals surface area contributed by atoms with Crippen LogP contribution in [0.1, 0.15) is 18.9 Å². The van der Waals surface area contributed by atoms with Gasteiger partial charge in [-0.25, -0.2) is 4.79 Å². The number of carbonyl (C=O) groups excluding carboxylic acids is 2. The summed E-state index contributed by atoms with van der Waals surface area (Å²) in [7, 11) is 0. The van der Waals surface area contributed by atoms with E-state index in [9.17, 15) is 29.7 Å². The van der Waals surface area contributed by atoms with Crippen molar-refractivity contribution in [3.05, 3.63) is 29.8 Å². The summed E-state index contributed by atoms with van der Waals surface area (Å²) in [5.74, 6) is -2.60. The van der Waals surface area contributed by atoms with E-state index in [4.69, 9.17) is 0 Å². The molecule has 3 atom stereocenters. The molecule has 4 N–H and O–H groups in total. The van der Waals surface area contributed by atoms with E-state index in [1.165, 1.54) is 24.3 Å². The number of phenols is 1. The lowest BCUT2D eigenvalue weighted by atomic mass is 10.0. The largest absolute Gasteiger partial charge is 0.508 e. The minimum atomic E-state index is -1.36. The zero-order valence-corrected chi connectivity index (χ0v) is 13.2. The zero-order chi connectivity index (χ0) is 17.9. The van der Waals surface area contributed by atoms with Crippen LogP contribution >= 0.6 is 0 Å². The first-order chi connectivity index (χ1) is 11.3. The number of aliphatic carboxylic acids is 1. The maximum atomic E-state index is 12.6. The Kier molecular flexibility index (Phi) is 5.53. The van der Waals surface area contributed by atoms with Crippen molar-refractivity contribution in [3.8, 4) is 5.75 Å². The lowest BCUT2D eigenvalue weighted by Gasteiger charge is -2.28. The molecular weight excluding hydrogens is 316 g/mol. The van der Waals surface area contributed by atoms with Crippen molar-refractivity contribution in [1.82, 2.24) is 10.2 Å². The molecule has 3 unspecified atom stereocenters. The third kappa shape index (κ3) is 4.09. The number of aromatic hydroxyl groups is 1. The van der Waals surface area contributed by atoms with Gasteiger partial charge in [0.15, 0.2) is 0 Å². The van der Waals surface area contributed by atoms with Crippen LogP contribution in [0, 0.1) is 0 Å². The van der Waals surface area contributed by atoms with Crippen molar-refractivity contribution in [2.45, 2.75) is 38.0 Å². The highest BCUT2D eigenvalue weighted by molar-refractivity contribution is 6.00. The second-order valence-corrected chi connectivity index (χ2v) is 5.80. The van der Waals surface area contributed by atoms with Gasteiger partial charge in [-0.3, -0.25) is 14.5 Å². The summed E-state index contributed by atoms with van der Waals surface area (Å²) in [6.07, 6.45) is -0.641.